The number of nitrogens with two attached hydrogens (primary N) is 1. The summed E-state index contributed by atoms with van der Waals surface area (Å²) in [6, 6.07) is 3.36. The SMILES string of the molecule is CC1(C)CCCCC1Nc1ccc([N+](=O)[O-])c(N)n1. The van der Waals surface area contributed by atoms with Gasteiger partial charge in [0.2, 0.25) is 5.82 Å². The zero-order valence-corrected chi connectivity index (χ0v) is 11.3. The van der Waals surface area contributed by atoms with Crippen LogP contribution >= 0.6 is 0 Å². The second-order valence-electron chi connectivity index (χ2n) is 5.79. The Balaban J connectivity index is 2.15. The highest BCUT2D eigenvalue weighted by atomic mass is 16.6. The van der Waals surface area contributed by atoms with Crippen LogP contribution in [0.3, 0.4) is 0 Å². The number of nitrogen functional groups attached to an aromatic ring is 1. The number of nitro groups is 1. The van der Waals surface area contributed by atoms with Crippen LogP contribution in [0, 0.1) is 15.5 Å². The van der Waals surface area contributed by atoms with Gasteiger partial charge < -0.3 is 11.1 Å². The van der Waals surface area contributed by atoms with Crippen LogP contribution in [0.15, 0.2) is 12.1 Å². The molecule has 0 amide bonds. The van der Waals surface area contributed by atoms with Crippen LogP contribution in [-0.4, -0.2) is 15.9 Å². The van der Waals surface area contributed by atoms with Crippen molar-refractivity contribution in [2.75, 3.05) is 11.1 Å². The molecule has 0 bridgehead atoms. The van der Waals surface area contributed by atoms with E-state index in [0.29, 0.717) is 11.9 Å². The second-order valence-corrected chi connectivity index (χ2v) is 5.79. The van der Waals surface area contributed by atoms with Crippen molar-refractivity contribution in [2.24, 2.45) is 5.41 Å². The quantitative estimate of drug-likeness (QED) is 0.646. The van der Waals surface area contributed by atoms with Gasteiger partial charge in [-0.15, -0.1) is 0 Å². The summed E-state index contributed by atoms with van der Waals surface area (Å²) < 4.78 is 0. The van der Waals surface area contributed by atoms with Crippen LogP contribution in [0.4, 0.5) is 17.3 Å². The van der Waals surface area contributed by atoms with E-state index in [4.69, 9.17) is 5.73 Å². The fraction of sp³-hybridized carbons (Fsp3) is 0.615. The largest absolute Gasteiger partial charge is 0.378 e. The van der Waals surface area contributed by atoms with Crippen LogP contribution in [0.1, 0.15) is 39.5 Å². The number of rotatable bonds is 3. The lowest BCUT2D eigenvalue weighted by Gasteiger charge is -2.39. The van der Waals surface area contributed by atoms with Crippen LogP contribution < -0.4 is 11.1 Å². The first kappa shape index (κ1) is 13.6. The lowest BCUT2D eigenvalue weighted by Crippen LogP contribution is -2.39. The van der Waals surface area contributed by atoms with Crippen molar-refractivity contribution in [2.45, 2.75) is 45.6 Å². The summed E-state index contributed by atoms with van der Waals surface area (Å²) in [7, 11) is 0. The van der Waals surface area contributed by atoms with Crippen molar-refractivity contribution in [1.82, 2.24) is 4.98 Å². The maximum Gasteiger partial charge on any atom is 0.311 e. The standard InChI is InChI=1S/C13H20N4O2/c1-13(2)8-4-3-5-10(13)15-11-7-6-9(17(18)19)12(14)16-11/h6-7,10H,3-5,8H2,1-2H3,(H3,14,15,16). The van der Waals surface area contributed by atoms with Crippen molar-refractivity contribution in [3.8, 4) is 0 Å². The van der Waals surface area contributed by atoms with Gasteiger partial charge in [-0.2, -0.15) is 0 Å². The van der Waals surface area contributed by atoms with Gasteiger partial charge in [0.1, 0.15) is 5.82 Å². The van der Waals surface area contributed by atoms with Gasteiger partial charge in [0, 0.05) is 12.1 Å². The maximum absolute atomic E-state index is 10.7. The highest BCUT2D eigenvalue weighted by Crippen LogP contribution is 2.37. The van der Waals surface area contributed by atoms with E-state index in [9.17, 15) is 10.1 Å². The molecule has 1 aromatic heterocycles. The number of anilines is 2. The molecule has 19 heavy (non-hydrogen) atoms. The molecule has 1 aliphatic carbocycles. The Morgan fingerprint density at radius 3 is 2.79 bits per heavy atom. The van der Waals surface area contributed by atoms with Gasteiger partial charge in [0.15, 0.2) is 0 Å². The van der Waals surface area contributed by atoms with E-state index < -0.39 is 4.92 Å². The Labute approximate surface area is 112 Å². The monoisotopic (exact) mass is 264 g/mol. The number of hydrogen-bond donors (Lipinski definition) is 2. The Morgan fingerprint density at radius 2 is 2.21 bits per heavy atom. The molecule has 0 spiro atoms. The van der Waals surface area contributed by atoms with Gasteiger partial charge in [0.05, 0.1) is 4.92 Å². The number of pyridine rings is 1. The smallest absolute Gasteiger partial charge is 0.311 e. The first-order valence-electron chi connectivity index (χ1n) is 6.57. The molecule has 0 radical (unpaired) electrons. The minimum absolute atomic E-state index is 0.0383. The Bertz CT molecular complexity index is 488. The van der Waals surface area contributed by atoms with Gasteiger partial charge in [-0.25, -0.2) is 4.98 Å². The van der Waals surface area contributed by atoms with Gasteiger partial charge in [-0.1, -0.05) is 26.7 Å². The fourth-order valence-corrected chi connectivity index (χ4v) is 2.64. The summed E-state index contributed by atoms with van der Waals surface area (Å²) >= 11 is 0. The average molecular weight is 264 g/mol. The Hall–Kier alpha value is -1.85. The summed E-state index contributed by atoms with van der Waals surface area (Å²) in [5, 5.41) is 14.1. The molecule has 3 N–H and O–H groups in total. The summed E-state index contributed by atoms with van der Waals surface area (Å²) in [6.07, 6.45) is 4.71. The van der Waals surface area contributed by atoms with Crippen LogP contribution in [0.5, 0.6) is 0 Å². The van der Waals surface area contributed by atoms with E-state index in [0.717, 1.165) is 6.42 Å². The van der Waals surface area contributed by atoms with Gasteiger partial charge in [-0.3, -0.25) is 10.1 Å². The summed E-state index contributed by atoms with van der Waals surface area (Å²) in [6.45, 7) is 4.47. The van der Waals surface area contributed by atoms with E-state index in [1.807, 2.05) is 0 Å². The minimum Gasteiger partial charge on any atom is -0.378 e. The van der Waals surface area contributed by atoms with Crippen molar-refractivity contribution in [3.63, 3.8) is 0 Å². The number of nitrogens with one attached hydrogen (secondary N) is 1. The molecule has 1 fully saturated rings. The first-order valence-corrected chi connectivity index (χ1v) is 6.57. The average Bonchev–Trinajstić information content (AvgIpc) is 2.31. The van der Waals surface area contributed by atoms with Gasteiger partial charge in [0.25, 0.3) is 0 Å². The summed E-state index contributed by atoms with van der Waals surface area (Å²) in [5.41, 5.74) is 5.66. The molecule has 1 aliphatic rings. The van der Waals surface area contributed by atoms with Crippen molar-refractivity contribution in [3.05, 3.63) is 22.2 Å². The third kappa shape index (κ3) is 2.94. The fourth-order valence-electron chi connectivity index (χ4n) is 2.64. The van der Waals surface area contributed by atoms with E-state index in [2.05, 4.69) is 24.1 Å². The molecule has 0 aliphatic heterocycles. The van der Waals surface area contributed by atoms with Gasteiger partial charge in [-0.05, 0) is 24.3 Å². The lowest BCUT2D eigenvalue weighted by atomic mass is 9.73. The molecule has 2 rings (SSSR count). The summed E-state index contributed by atoms with van der Waals surface area (Å²) in [4.78, 5) is 14.3. The first-order chi connectivity index (χ1) is 8.90. The molecular weight excluding hydrogens is 244 g/mol. The molecule has 6 heteroatoms. The van der Waals surface area contributed by atoms with Crippen molar-refractivity contribution in [1.29, 1.82) is 0 Å². The van der Waals surface area contributed by atoms with Crippen LogP contribution in [-0.2, 0) is 0 Å². The van der Waals surface area contributed by atoms with E-state index >= 15 is 0 Å². The number of nitrogens with zero attached hydrogens (tertiary/aromatic N) is 2. The highest BCUT2D eigenvalue weighted by Gasteiger charge is 2.32. The van der Waals surface area contributed by atoms with Gasteiger partial charge >= 0.3 is 5.69 Å². The molecule has 0 saturated heterocycles. The predicted octanol–water partition coefficient (Wildman–Crippen LogP) is 2.95. The number of aromatic nitrogens is 1. The lowest BCUT2D eigenvalue weighted by molar-refractivity contribution is -0.384. The van der Waals surface area contributed by atoms with E-state index in [1.165, 1.54) is 25.3 Å². The molecule has 6 nitrogen and oxygen atoms in total. The highest BCUT2D eigenvalue weighted by molar-refractivity contribution is 5.57. The third-order valence-electron chi connectivity index (χ3n) is 3.93. The number of hydrogen-bond acceptors (Lipinski definition) is 5. The molecule has 1 aromatic rings. The minimum atomic E-state index is -0.517. The topological polar surface area (TPSA) is 94.1 Å². The Kier molecular flexibility index (Phi) is 3.59. The van der Waals surface area contributed by atoms with Crippen LogP contribution in [0.2, 0.25) is 0 Å². The molecule has 1 atom stereocenters. The zero-order chi connectivity index (χ0) is 14.0. The zero-order valence-electron chi connectivity index (χ0n) is 11.3. The molecular formula is C13H20N4O2. The molecule has 1 unspecified atom stereocenters. The van der Waals surface area contributed by atoms with Crippen LogP contribution in [0.25, 0.3) is 0 Å². The molecule has 1 saturated carbocycles. The maximum atomic E-state index is 10.7. The Morgan fingerprint density at radius 1 is 1.47 bits per heavy atom. The molecule has 104 valence electrons. The predicted molar refractivity (Wildman–Crippen MR) is 75.0 cm³/mol. The van der Waals surface area contributed by atoms with E-state index in [1.54, 1.807) is 6.07 Å². The van der Waals surface area contributed by atoms with Crippen molar-refractivity contribution < 1.29 is 4.92 Å². The van der Waals surface area contributed by atoms with Crippen molar-refractivity contribution >= 4 is 17.3 Å². The summed E-state index contributed by atoms with van der Waals surface area (Å²) in [5.74, 6) is 0.576. The normalized spacial score (nSPS) is 21.9. The second kappa shape index (κ2) is 5.03. The molecule has 0 aromatic carbocycles. The van der Waals surface area contributed by atoms with E-state index in [-0.39, 0.29) is 16.9 Å². The molecule has 1 heterocycles. The third-order valence-corrected chi connectivity index (χ3v) is 3.93.